The number of fused-ring (bicyclic) bond motifs is 1. The van der Waals surface area contributed by atoms with Gasteiger partial charge < -0.3 is 5.73 Å². The van der Waals surface area contributed by atoms with Crippen LogP contribution >= 0.6 is 0 Å². The number of rotatable bonds is 2. The molecule has 1 aromatic carbocycles. The first-order valence-electron chi connectivity index (χ1n) is 6.86. The molecule has 0 saturated heterocycles. The Morgan fingerprint density at radius 2 is 2.17 bits per heavy atom. The highest BCUT2D eigenvalue weighted by atomic mass is 19.1. The molecular formula is C16H12FN5O. The van der Waals surface area contributed by atoms with E-state index in [0.29, 0.717) is 5.69 Å². The Morgan fingerprint density at radius 1 is 1.39 bits per heavy atom. The largest absolute Gasteiger partial charge is 0.322 e. The lowest BCUT2D eigenvalue weighted by Gasteiger charge is -2.16. The van der Waals surface area contributed by atoms with Gasteiger partial charge in [0.1, 0.15) is 23.2 Å². The van der Waals surface area contributed by atoms with Gasteiger partial charge in [-0.2, -0.15) is 5.26 Å². The molecule has 6 nitrogen and oxygen atoms in total. The van der Waals surface area contributed by atoms with Crippen LogP contribution < -0.4 is 11.3 Å². The average molecular weight is 309 g/mol. The van der Waals surface area contributed by atoms with Crippen molar-refractivity contribution in [2.45, 2.75) is 13.0 Å². The minimum Gasteiger partial charge on any atom is -0.322 e. The van der Waals surface area contributed by atoms with Gasteiger partial charge in [0.2, 0.25) is 0 Å². The van der Waals surface area contributed by atoms with Crippen LogP contribution in [-0.4, -0.2) is 14.5 Å². The Kier molecular flexibility index (Phi) is 3.60. The van der Waals surface area contributed by atoms with Gasteiger partial charge in [-0.3, -0.25) is 14.3 Å². The fourth-order valence-electron chi connectivity index (χ4n) is 2.41. The van der Waals surface area contributed by atoms with Crippen molar-refractivity contribution >= 4 is 10.9 Å². The Hall–Kier alpha value is -3.11. The molecule has 114 valence electrons. The number of hydrogen-bond acceptors (Lipinski definition) is 5. The number of halogens is 1. The van der Waals surface area contributed by atoms with Crippen LogP contribution in [0.2, 0.25) is 0 Å². The summed E-state index contributed by atoms with van der Waals surface area (Å²) < 4.78 is 15.4. The van der Waals surface area contributed by atoms with E-state index >= 15 is 0 Å². The first-order valence-corrected chi connectivity index (χ1v) is 6.86. The maximum absolute atomic E-state index is 14.1. The molecule has 2 aromatic heterocycles. The lowest BCUT2D eigenvalue weighted by atomic mass is 10.1. The molecule has 0 bridgehead atoms. The van der Waals surface area contributed by atoms with Gasteiger partial charge in [-0.05, 0) is 31.2 Å². The Morgan fingerprint density at radius 3 is 2.78 bits per heavy atom. The normalized spacial score (nSPS) is 12.1. The highest BCUT2D eigenvalue weighted by Crippen LogP contribution is 2.20. The van der Waals surface area contributed by atoms with Crippen LogP contribution in [0.15, 0.2) is 41.5 Å². The van der Waals surface area contributed by atoms with Crippen molar-refractivity contribution in [1.82, 2.24) is 14.5 Å². The van der Waals surface area contributed by atoms with E-state index < -0.39 is 17.4 Å². The van der Waals surface area contributed by atoms with Crippen molar-refractivity contribution in [3.8, 4) is 11.8 Å². The number of nitrogens with zero attached hydrogens (tertiary/aromatic N) is 4. The molecule has 1 unspecified atom stereocenters. The van der Waals surface area contributed by atoms with Crippen LogP contribution in [0.4, 0.5) is 4.39 Å². The van der Waals surface area contributed by atoms with Gasteiger partial charge in [0.15, 0.2) is 0 Å². The molecule has 7 heteroatoms. The summed E-state index contributed by atoms with van der Waals surface area (Å²) in [7, 11) is 0. The van der Waals surface area contributed by atoms with Crippen molar-refractivity contribution in [2.24, 2.45) is 5.73 Å². The smallest absolute Gasteiger partial charge is 0.267 e. The second-order valence-corrected chi connectivity index (χ2v) is 5.04. The lowest BCUT2D eigenvalue weighted by Crippen LogP contribution is -2.28. The predicted octanol–water partition coefficient (Wildman–Crippen LogP) is 1.81. The van der Waals surface area contributed by atoms with Crippen molar-refractivity contribution in [1.29, 1.82) is 5.26 Å². The van der Waals surface area contributed by atoms with Gasteiger partial charge in [-0.15, -0.1) is 0 Å². The van der Waals surface area contributed by atoms with E-state index in [1.165, 1.54) is 16.8 Å². The topological polar surface area (TPSA) is 97.6 Å². The zero-order valence-electron chi connectivity index (χ0n) is 12.2. The third-order valence-electron chi connectivity index (χ3n) is 3.43. The summed E-state index contributed by atoms with van der Waals surface area (Å²) in [6.45, 7) is 1.65. The summed E-state index contributed by atoms with van der Waals surface area (Å²) >= 11 is 0. The molecule has 3 rings (SSSR count). The first-order chi connectivity index (χ1) is 11.0. The molecular weight excluding hydrogens is 297 g/mol. The monoisotopic (exact) mass is 309 g/mol. The molecule has 2 heterocycles. The summed E-state index contributed by atoms with van der Waals surface area (Å²) in [6.07, 6.45) is 3.04. The van der Waals surface area contributed by atoms with Gasteiger partial charge in [-0.25, -0.2) is 9.37 Å². The number of aromatic nitrogens is 3. The van der Waals surface area contributed by atoms with Crippen LogP contribution in [0.1, 0.15) is 24.4 Å². The van der Waals surface area contributed by atoms with Crippen molar-refractivity contribution in [3.05, 3.63) is 64.2 Å². The quantitative estimate of drug-likeness (QED) is 0.778. The maximum atomic E-state index is 14.1. The molecule has 3 aromatic rings. The number of nitrogens with two attached hydrogens (primary N) is 1. The fraction of sp³-hybridized carbons (Fsp3) is 0.125. The van der Waals surface area contributed by atoms with Crippen LogP contribution in [0.5, 0.6) is 0 Å². The minimum absolute atomic E-state index is 0.0627. The number of benzene rings is 1. The number of hydrogen-bond donors (Lipinski definition) is 1. The highest BCUT2D eigenvalue weighted by Gasteiger charge is 2.20. The highest BCUT2D eigenvalue weighted by molar-refractivity contribution is 5.84. The maximum Gasteiger partial charge on any atom is 0.267 e. The Balaban J connectivity index is 2.54. The molecule has 0 saturated carbocycles. The molecule has 1 atom stereocenters. The average Bonchev–Trinajstić information content (AvgIpc) is 2.56. The van der Waals surface area contributed by atoms with Gasteiger partial charge in [0, 0.05) is 6.20 Å². The molecule has 0 radical (unpaired) electrons. The van der Waals surface area contributed by atoms with Crippen LogP contribution in [0.3, 0.4) is 0 Å². The molecule has 23 heavy (non-hydrogen) atoms. The zero-order chi connectivity index (χ0) is 16.6. The van der Waals surface area contributed by atoms with Crippen molar-refractivity contribution in [2.75, 3.05) is 0 Å². The van der Waals surface area contributed by atoms with E-state index in [0.717, 1.165) is 6.07 Å². The zero-order valence-corrected chi connectivity index (χ0v) is 12.2. The molecule has 0 aliphatic heterocycles. The van der Waals surface area contributed by atoms with E-state index in [4.69, 9.17) is 5.73 Å². The van der Waals surface area contributed by atoms with Gasteiger partial charge in [-0.1, -0.05) is 0 Å². The minimum atomic E-state index is -0.670. The first kappa shape index (κ1) is 14.8. The Labute approximate surface area is 130 Å². The van der Waals surface area contributed by atoms with Gasteiger partial charge in [0.05, 0.1) is 28.9 Å². The standard InChI is InChI=1S/C16H12FN5O/c1-9(19)15-21-14-12(17)5-4-10(7-18)13(14)16(23)22(15)11-3-2-6-20-8-11/h2-6,8-9H,19H2,1H3. The third kappa shape index (κ3) is 2.35. The van der Waals surface area contributed by atoms with Crippen molar-refractivity contribution < 1.29 is 4.39 Å². The lowest BCUT2D eigenvalue weighted by molar-refractivity contribution is 0.629. The van der Waals surface area contributed by atoms with E-state index in [1.54, 1.807) is 25.3 Å². The van der Waals surface area contributed by atoms with E-state index in [9.17, 15) is 14.4 Å². The molecule has 0 aliphatic rings. The SMILES string of the molecule is CC(N)c1nc2c(F)ccc(C#N)c2c(=O)n1-c1cccnc1. The fourth-order valence-corrected chi connectivity index (χ4v) is 2.41. The van der Waals surface area contributed by atoms with Gasteiger partial charge >= 0.3 is 0 Å². The predicted molar refractivity (Wildman–Crippen MR) is 82.4 cm³/mol. The van der Waals surface area contributed by atoms with Crippen LogP contribution in [0.25, 0.3) is 16.6 Å². The third-order valence-corrected chi connectivity index (χ3v) is 3.43. The summed E-state index contributed by atoms with van der Waals surface area (Å²) in [6, 6.07) is 6.99. The van der Waals surface area contributed by atoms with E-state index in [-0.39, 0.29) is 22.3 Å². The summed E-state index contributed by atoms with van der Waals surface area (Å²) in [5, 5.41) is 9.14. The summed E-state index contributed by atoms with van der Waals surface area (Å²) in [4.78, 5) is 21.1. The second-order valence-electron chi connectivity index (χ2n) is 5.04. The van der Waals surface area contributed by atoms with Crippen LogP contribution in [-0.2, 0) is 0 Å². The molecule has 2 N–H and O–H groups in total. The Bertz CT molecular complexity index is 989. The van der Waals surface area contributed by atoms with E-state index in [1.807, 2.05) is 6.07 Å². The van der Waals surface area contributed by atoms with E-state index in [2.05, 4.69) is 9.97 Å². The molecule has 0 amide bonds. The number of nitriles is 1. The molecule has 0 aliphatic carbocycles. The number of pyridine rings is 1. The van der Waals surface area contributed by atoms with Crippen molar-refractivity contribution in [3.63, 3.8) is 0 Å². The molecule has 0 fully saturated rings. The summed E-state index contributed by atoms with van der Waals surface area (Å²) in [5.74, 6) is -0.471. The second kappa shape index (κ2) is 5.59. The summed E-state index contributed by atoms with van der Waals surface area (Å²) in [5.41, 5.74) is 5.72. The van der Waals surface area contributed by atoms with Gasteiger partial charge in [0.25, 0.3) is 5.56 Å². The van der Waals surface area contributed by atoms with Crippen LogP contribution in [0, 0.1) is 17.1 Å². The molecule has 0 spiro atoms.